The summed E-state index contributed by atoms with van der Waals surface area (Å²) >= 11 is 0. The molecule has 0 atom stereocenters. The number of amides is 3. The number of nitrogens with zero attached hydrogens (tertiary/aromatic N) is 2. The molecule has 1 fully saturated rings. The average Bonchev–Trinajstić information content (AvgIpc) is 2.42. The van der Waals surface area contributed by atoms with E-state index in [9.17, 15) is 19.7 Å². The summed E-state index contributed by atoms with van der Waals surface area (Å²) in [6, 6.07) is 5.11. The van der Waals surface area contributed by atoms with E-state index in [2.05, 4.69) is 10.6 Å². The van der Waals surface area contributed by atoms with Gasteiger partial charge in [-0.25, -0.2) is 4.79 Å². The maximum absolute atomic E-state index is 12.2. The molecule has 1 aliphatic rings. The van der Waals surface area contributed by atoms with Gasteiger partial charge < -0.3 is 15.5 Å². The van der Waals surface area contributed by atoms with E-state index in [1.54, 1.807) is 13.8 Å². The number of nitrogens with one attached hydrogen (secondary N) is 2. The summed E-state index contributed by atoms with van der Waals surface area (Å²) in [6.07, 6.45) is 0. The number of rotatable bonds is 2. The second-order valence-electron chi connectivity index (χ2n) is 5.20. The molecule has 0 aliphatic carbocycles. The molecule has 0 bridgehead atoms. The second-order valence-corrected chi connectivity index (χ2v) is 5.20. The first-order valence-corrected chi connectivity index (χ1v) is 6.44. The Morgan fingerprint density at radius 2 is 2.00 bits per heavy atom. The van der Waals surface area contributed by atoms with Crippen molar-refractivity contribution in [1.82, 2.24) is 10.2 Å². The van der Waals surface area contributed by atoms with Crippen LogP contribution in [0.5, 0.6) is 0 Å². The fraction of sp³-hybridized carbons (Fsp3) is 0.385. The molecule has 3 amide bonds. The molecule has 0 spiro atoms. The minimum atomic E-state index is -0.941. The number of carbonyl (C=O) groups excluding carboxylic acids is 2. The zero-order valence-electron chi connectivity index (χ0n) is 11.8. The van der Waals surface area contributed by atoms with Gasteiger partial charge in [0.2, 0.25) is 5.91 Å². The largest absolute Gasteiger partial charge is 0.352 e. The standard InChI is InChI=1S/C13H16N4O4/c1-13(2)11(18)14-7-8-16(13)12(19)15-9-3-5-10(6-4-9)17(20)21/h3-6H,7-8H2,1-2H3,(H,14,18)(H,15,19). The molecule has 1 aromatic carbocycles. The third kappa shape index (κ3) is 2.93. The van der Waals surface area contributed by atoms with Gasteiger partial charge in [0.15, 0.2) is 0 Å². The number of non-ortho nitro benzene ring substituents is 1. The first-order chi connectivity index (χ1) is 9.82. The van der Waals surface area contributed by atoms with Crippen LogP contribution in [-0.4, -0.2) is 40.4 Å². The Bertz CT molecular complexity index is 582. The Balaban J connectivity index is 2.10. The van der Waals surface area contributed by atoms with Crippen LogP contribution < -0.4 is 10.6 Å². The van der Waals surface area contributed by atoms with Crippen LogP contribution in [0.15, 0.2) is 24.3 Å². The molecular weight excluding hydrogens is 276 g/mol. The third-order valence-electron chi connectivity index (χ3n) is 3.43. The Hall–Kier alpha value is -2.64. The molecular formula is C13H16N4O4. The van der Waals surface area contributed by atoms with Crippen molar-refractivity contribution in [1.29, 1.82) is 0 Å². The molecule has 0 unspecified atom stereocenters. The van der Waals surface area contributed by atoms with E-state index in [1.165, 1.54) is 29.2 Å². The van der Waals surface area contributed by atoms with Gasteiger partial charge in [-0.2, -0.15) is 0 Å². The lowest BCUT2D eigenvalue weighted by molar-refractivity contribution is -0.384. The van der Waals surface area contributed by atoms with Crippen molar-refractivity contribution in [2.45, 2.75) is 19.4 Å². The normalized spacial score (nSPS) is 17.0. The van der Waals surface area contributed by atoms with Gasteiger partial charge in [0.25, 0.3) is 5.69 Å². The number of nitro benzene ring substituents is 1. The van der Waals surface area contributed by atoms with Gasteiger partial charge in [0.1, 0.15) is 5.54 Å². The number of urea groups is 1. The topological polar surface area (TPSA) is 105 Å². The van der Waals surface area contributed by atoms with Gasteiger partial charge in [-0.05, 0) is 26.0 Å². The minimum absolute atomic E-state index is 0.0503. The quantitative estimate of drug-likeness (QED) is 0.633. The number of hydrogen-bond acceptors (Lipinski definition) is 4. The predicted octanol–water partition coefficient (Wildman–Crippen LogP) is 1.34. The highest BCUT2D eigenvalue weighted by Gasteiger charge is 2.40. The van der Waals surface area contributed by atoms with Gasteiger partial charge >= 0.3 is 6.03 Å². The number of carbonyl (C=O) groups is 2. The molecule has 0 saturated carbocycles. The maximum Gasteiger partial charge on any atom is 0.322 e. The Morgan fingerprint density at radius 3 is 2.57 bits per heavy atom. The van der Waals surface area contributed by atoms with E-state index in [-0.39, 0.29) is 11.6 Å². The lowest BCUT2D eigenvalue weighted by atomic mass is 9.99. The maximum atomic E-state index is 12.2. The van der Waals surface area contributed by atoms with E-state index in [0.29, 0.717) is 18.8 Å². The third-order valence-corrected chi connectivity index (χ3v) is 3.43. The first kappa shape index (κ1) is 14.8. The summed E-state index contributed by atoms with van der Waals surface area (Å²) in [5.41, 5.74) is -0.554. The van der Waals surface area contributed by atoms with Crippen LogP contribution in [0.3, 0.4) is 0 Å². The van der Waals surface area contributed by atoms with Crippen molar-refractivity contribution in [3.05, 3.63) is 34.4 Å². The number of piperazine rings is 1. The number of nitro groups is 1. The highest BCUT2D eigenvalue weighted by Crippen LogP contribution is 2.20. The molecule has 1 saturated heterocycles. The van der Waals surface area contributed by atoms with Crippen molar-refractivity contribution < 1.29 is 14.5 Å². The highest BCUT2D eigenvalue weighted by molar-refractivity contribution is 5.96. The average molecular weight is 292 g/mol. The monoisotopic (exact) mass is 292 g/mol. The van der Waals surface area contributed by atoms with Gasteiger partial charge in [-0.15, -0.1) is 0 Å². The van der Waals surface area contributed by atoms with E-state index in [4.69, 9.17) is 0 Å². The lowest BCUT2D eigenvalue weighted by Gasteiger charge is -2.40. The summed E-state index contributed by atoms with van der Waals surface area (Å²) in [6.45, 7) is 4.13. The summed E-state index contributed by atoms with van der Waals surface area (Å²) in [7, 11) is 0. The van der Waals surface area contributed by atoms with Crippen LogP contribution in [0.2, 0.25) is 0 Å². The van der Waals surface area contributed by atoms with E-state index < -0.39 is 16.5 Å². The zero-order chi connectivity index (χ0) is 15.6. The number of hydrogen-bond donors (Lipinski definition) is 2. The van der Waals surface area contributed by atoms with Crippen LogP contribution >= 0.6 is 0 Å². The smallest absolute Gasteiger partial charge is 0.322 e. The van der Waals surface area contributed by atoms with Gasteiger partial charge in [0, 0.05) is 30.9 Å². The molecule has 2 rings (SSSR count). The van der Waals surface area contributed by atoms with E-state index in [1.807, 2.05) is 0 Å². The molecule has 0 radical (unpaired) electrons. The SMILES string of the molecule is CC1(C)C(=O)NCCN1C(=O)Nc1ccc([N+](=O)[O-])cc1. The van der Waals surface area contributed by atoms with Crippen LogP contribution in [0, 0.1) is 10.1 Å². The van der Waals surface area contributed by atoms with Crippen molar-refractivity contribution in [3.63, 3.8) is 0 Å². The second kappa shape index (κ2) is 5.39. The predicted molar refractivity (Wildman–Crippen MR) is 75.9 cm³/mol. The fourth-order valence-corrected chi connectivity index (χ4v) is 2.11. The van der Waals surface area contributed by atoms with Gasteiger partial charge in [0.05, 0.1) is 4.92 Å². The van der Waals surface area contributed by atoms with Crippen LogP contribution in [0.1, 0.15) is 13.8 Å². The van der Waals surface area contributed by atoms with E-state index in [0.717, 1.165) is 0 Å². The summed E-state index contributed by atoms with van der Waals surface area (Å²) in [5.74, 6) is -0.215. The van der Waals surface area contributed by atoms with Crippen LogP contribution in [0.25, 0.3) is 0 Å². The van der Waals surface area contributed by atoms with Gasteiger partial charge in [-0.1, -0.05) is 0 Å². The van der Waals surface area contributed by atoms with Crippen molar-refractivity contribution in [2.75, 3.05) is 18.4 Å². The Morgan fingerprint density at radius 1 is 1.38 bits per heavy atom. The molecule has 2 N–H and O–H groups in total. The van der Waals surface area contributed by atoms with Gasteiger partial charge in [-0.3, -0.25) is 14.9 Å². The Kier molecular flexibility index (Phi) is 3.79. The molecule has 112 valence electrons. The van der Waals surface area contributed by atoms with Crippen LogP contribution in [-0.2, 0) is 4.79 Å². The first-order valence-electron chi connectivity index (χ1n) is 6.44. The van der Waals surface area contributed by atoms with Crippen LogP contribution in [0.4, 0.5) is 16.2 Å². The molecule has 8 heteroatoms. The summed E-state index contributed by atoms with van der Waals surface area (Å²) in [4.78, 5) is 35.5. The lowest BCUT2D eigenvalue weighted by Crippen LogP contribution is -2.64. The molecule has 21 heavy (non-hydrogen) atoms. The summed E-state index contributed by atoms with van der Waals surface area (Å²) in [5, 5.41) is 15.9. The van der Waals surface area contributed by atoms with Crippen molar-refractivity contribution in [3.8, 4) is 0 Å². The molecule has 1 aliphatic heterocycles. The summed E-state index contributed by atoms with van der Waals surface area (Å²) < 4.78 is 0. The highest BCUT2D eigenvalue weighted by atomic mass is 16.6. The fourth-order valence-electron chi connectivity index (χ4n) is 2.11. The minimum Gasteiger partial charge on any atom is -0.352 e. The number of benzene rings is 1. The van der Waals surface area contributed by atoms with E-state index >= 15 is 0 Å². The van der Waals surface area contributed by atoms with Crippen molar-refractivity contribution in [2.24, 2.45) is 0 Å². The zero-order valence-corrected chi connectivity index (χ0v) is 11.8. The van der Waals surface area contributed by atoms with Crippen molar-refractivity contribution >= 4 is 23.3 Å². The molecule has 1 aromatic rings. The molecule has 0 aromatic heterocycles. The number of anilines is 1. The Labute approximate surface area is 121 Å². The molecule has 8 nitrogen and oxygen atoms in total. The molecule has 1 heterocycles.